The van der Waals surface area contributed by atoms with Crippen LogP contribution >= 0.6 is 11.3 Å². The fourth-order valence-electron chi connectivity index (χ4n) is 6.66. The molecule has 234 valence electrons. The number of anilines is 1. The van der Waals surface area contributed by atoms with Crippen molar-refractivity contribution in [1.82, 2.24) is 0 Å². The fraction of sp³-hybridized carbons (Fsp3) is 0.818. The van der Waals surface area contributed by atoms with E-state index < -0.39 is 5.97 Å². The molecule has 3 saturated carbocycles. The lowest BCUT2D eigenvalue weighted by Gasteiger charge is -2.39. The number of aliphatic hydroxyl groups excluding tert-OH is 1. The lowest BCUT2D eigenvalue weighted by molar-refractivity contribution is -0.870. The van der Waals surface area contributed by atoms with E-state index in [1.54, 1.807) is 7.11 Å². The summed E-state index contributed by atoms with van der Waals surface area (Å²) in [5.41, 5.74) is 1.04. The number of hydrogen-bond acceptors (Lipinski definition) is 5. The average Bonchev–Trinajstić information content (AvgIpc) is 3.34. The molecule has 0 aromatic carbocycles. The molecule has 7 nitrogen and oxygen atoms in total. The number of quaternary nitrogens is 1. The van der Waals surface area contributed by atoms with Crippen LogP contribution < -0.4 is 4.90 Å². The maximum Gasteiger partial charge on any atom is 0.348 e. The van der Waals surface area contributed by atoms with Gasteiger partial charge in [0, 0.05) is 23.9 Å². The minimum absolute atomic E-state index is 0.0109. The van der Waals surface area contributed by atoms with Crippen molar-refractivity contribution in [2.75, 3.05) is 46.3 Å². The lowest BCUT2D eigenvalue weighted by atomic mass is 9.73. The Morgan fingerprint density at radius 2 is 1.59 bits per heavy atom. The number of ether oxygens (including phenoxy) is 1. The molecule has 3 fully saturated rings. The van der Waals surface area contributed by atoms with Gasteiger partial charge in [0.25, 0.3) is 0 Å². The first-order valence-corrected chi connectivity index (χ1v) is 16.7. The number of thiophene rings is 1. The normalized spacial score (nSPS) is 27.0. The van der Waals surface area contributed by atoms with Crippen molar-refractivity contribution >= 4 is 28.9 Å². The number of nitrogens with zero attached hydrogens (tertiary/aromatic N) is 2. The van der Waals surface area contributed by atoms with Crippen molar-refractivity contribution in [3.05, 3.63) is 15.8 Å². The average molecular weight is 594 g/mol. The van der Waals surface area contributed by atoms with E-state index in [1.165, 1.54) is 11.3 Å². The van der Waals surface area contributed by atoms with Crippen LogP contribution in [0.5, 0.6) is 0 Å². The van der Waals surface area contributed by atoms with Gasteiger partial charge in [-0.1, -0.05) is 20.8 Å². The number of carbonyl (C=O) groups excluding carboxylic acids is 1. The van der Waals surface area contributed by atoms with Crippen LogP contribution in [0.1, 0.15) is 118 Å². The molecule has 3 aliphatic rings. The van der Waals surface area contributed by atoms with Crippen molar-refractivity contribution in [3.8, 4) is 0 Å². The Labute approximate surface area is 252 Å². The zero-order valence-electron chi connectivity index (χ0n) is 26.8. The molecule has 8 heteroatoms. The Balaban J connectivity index is 0.000000587. The number of hydrogen-bond donors (Lipinski definition) is 2. The number of carboxylic acid groups (broad SMARTS) is 1. The monoisotopic (exact) mass is 593 g/mol. The predicted octanol–water partition coefficient (Wildman–Crippen LogP) is 6.93. The van der Waals surface area contributed by atoms with Crippen molar-refractivity contribution < 1.29 is 29.0 Å². The summed E-state index contributed by atoms with van der Waals surface area (Å²) in [5.74, 6) is 0.346. The first-order chi connectivity index (χ1) is 19.2. The molecule has 0 unspecified atom stereocenters. The molecule has 0 aliphatic heterocycles. The van der Waals surface area contributed by atoms with E-state index in [0.29, 0.717) is 27.8 Å². The molecule has 1 aromatic rings. The Morgan fingerprint density at radius 1 is 1.00 bits per heavy atom. The van der Waals surface area contributed by atoms with Gasteiger partial charge in [-0.2, -0.15) is 0 Å². The fourth-order valence-corrected chi connectivity index (χ4v) is 7.81. The second-order valence-electron chi connectivity index (χ2n) is 14.7. The molecule has 1 amide bonds. The van der Waals surface area contributed by atoms with Gasteiger partial charge in [-0.15, -0.1) is 11.3 Å². The third kappa shape index (κ3) is 9.77. The number of methoxy groups -OCH3 is 1. The van der Waals surface area contributed by atoms with E-state index in [2.05, 4.69) is 48.0 Å². The first-order valence-electron chi connectivity index (χ1n) is 15.9. The molecule has 0 atom stereocenters. The van der Waals surface area contributed by atoms with Crippen LogP contribution in [0.2, 0.25) is 0 Å². The van der Waals surface area contributed by atoms with Crippen molar-refractivity contribution in [2.45, 2.75) is 116 Å². The van der Waals surface area contributed by atoms with E-state index in [9.17, 15) is 14.7 Å². The van der Waals surface area contributed by atoms with Crippen LogP contribution in [-0.2, 0) is 9.53 Å². The summed E-state index contributed by atoms with van der Waals surface area (Å²) in [6.07, 6.45) is 12.3. The second-order valence-corrected chi connectivity index (χ2v) is 15.8. The van der Waals surface area contributed by atoms with Crippen LogP contribution in [0.25, 0.3) is 0 Å². The van der Waals surface area contributed by atoms with E-state index in [-0.39, 0.29) is 30.6 Å². The first kappa shape index (κ1) is 34.0. The van der Waals surface area contributed by atoms with E-state index in [0.717, 1.165) is 93.0 Å². The maximum absolute atomic E-state index is 14.0. The number of aliphatic hydroxyl groups is 1. The highest BCUT2D eigenvalue weighted by molar-refractivity contribution is 7.14. The second kappa shape index (κ2) is 14.8. The molecule has 0 radical (unpaired) electrons. The van der Waals surface area contributed by atoms with E-state index in [4.69, 9.17) is 9.84 Å². The number of rotatable bonds is 8. The van der Waals surface area contributed by atoms with Gasteiger partial charge in [0.15, 0.2) is 0 Å². The molecular weight excluding hydrogens is 536 g/mol. The summed E-state index contributed by atoms with van der Waals surface area (Å²) in [6.45, 7) is 8.04. The molecule has 4 rings (SSSR count). The largest absolute Gasteiger partial charge is 0.477 e. The van der Waals surface area contributed by atoms with Gasteiger partial charge in [-0.3, -0.25) is 4.79 Å². The zero-order valence-corrected chi connectivity index (χ0v) is 27.6. The Kier molecular flexibility index (Phi) is 12.3. The van der Waals surface area contributed by atoms with Crippen molar-refractivity contribution in [3.63, 3.8) is 0 Å². The maximum atomic E-state index is 14.0. The number of likely N-dealkylation sites (N-methyl/N-ethyl adjacent to an activating group) is 1. The molecule has 0 bridgehead atoms. The highest BCUT2D eigenvalue weighted by atomic mass is 32.1. The number of amides is 1. The van der Waals surface area contributed by atoms with Gasteiger partial charge < -0.3 is 24.3 Å². The molecule has 1 aromatic heterocycles. The van der Waals surface area contributed by atoms with Gasteiger partial charge in [0.1, 0.15) is 11.4 Å². The number of aromatic carboxylic acids is 1. The van der Waals surface area contributed by atoms with Gasteiger partial charge in [-0.25, -0.2) is 4.79 Å². The van der Waals surface area contributed by atoms with Crippen LogP contribution in [0.4, 0.5) is 5.69 Å². The van der Waals surface area contributed by atoms with Gasteiger partial charge in [-0.05, 0) is 100 Å². The summed E-state index contributed by atoms with van der Waals surface area (Å²) in [4.78, 5) is 29.9. The highest BCUT2D eigenvalue weighted by Crippen LogP contribution is 2.47. The summed E-state index contributed by atoms with van der Waals surface area (Å²) in [6, 6.07) is 2.15. The Morgan fingerprint density at radius 3 is 2.05 bits per heavy atom. The SMILES string of the molecule is CO[C@H]1CC[C@H](N(c2cc(C3CCC(C)(C)CC3)sc2C(=O)O)C(=O)[C@H]2CC[C@H](C)CC2)CC1.C[N+](C)(C)CCO. The summed E-state index contributed by atoms with van der Waals surface area (Å²) in [5, 5.41) is 18.6. The van der Waals surface area contributed by atoms with E-state index >= 15 is 0 Å². The molecule has 3 aliphatic carbocycles. The molecule has 41 heavy (non-hydrogen) atoms. The van der Waals surface area contributed by atoms with Crippen LogP contribution in [-0.4, -0.2) is 80.1 Å². The number of carbonyl (C=O) groups is 2. The predicted molar refractivity (Wildman–Crippen MR) is 168 cm³/mol. The highest BCUT2D eigenvalue weighted by Gasteiger charge is 2.38. The van der Waals surface area contributed by atoms with Crippen molar-refractivity contribution in [1.29, 1.82) is 0 Å². The van der Waals surface area contributed by atoms with Gasteiger partial charge in [0.05, 0.1) is 39.5 Å². The van der Waals surface area contributed by atoms with Crippen LogP contribution in [0, 0.1) is 17.3 Å². The van der Waals surface area contributed by atoms with E-state index in [1.807, 2.05) is 4.90 Å². The van der Waals surface area contributed by atoms with Gasteiger partial charge in [0.2, 0.25) is 5.91 Å². The quantitative estimate of drug-likeness (QED) is 0.319. The number of carboxylic acids is 1. The van der Waals surface area contributed by atoms with Crippen molar-refractivity contribution in [2.24, 2.45) is 17.3 Å². The topological polar surface area (TPSA) is 87.1 Å². The Bertz CT molecular complexity index is 974. The lowest BCUT2D eigenvalue weighted by Crippen LogP contribution is -2.47. The minimum Gasteiger partial charge on any atom is -0.477 e. The molecular formula is C33H57N2O5S+. The third-order valence-corrected chi connectivity index (χ3v) is 10.9. The molecule has 1 heterocycles. The summed E-state index contributed by atoms with van der Waals surface area (Å²) >= 11 is 1.42. The van der Waals surface area contributed by atoms with Crippen LogP contribution in [0.15, 0.2) is 6.07 Å². The minimum atomic E-state index is -0.900. The molecule has 0 saturated heterocycles. The summed E-state index contributed by atoms with van der Waals surface area (Å²) < 4.78 is 6.42. The standard InChI is InChI=1S/C28H43NO4S.C5H14NO/c1-18-5-7-20(8-6-18)26(30)29(21-9-11-22(33-4)12-10-21)23-17-24(34-25(23)27(31)32)19-13-15-28(2,3)16-14-19;1-6(2,3)4-5-7/h17-22H,5-16H2,1-4H3,(H,31,32);7H,4-5H2,1-3H3/q;+1/t18-,20-,21-,22-;. The third-order valence-electron chi connectivity index (χ3n) is 9.64. The zero-order chi connectivity index (χ0) is 30.4. The summed E-state index contributed by atoms with van der Waals surface area (Å²) in [7, 11) is 7.92. The van der Waals surface area contributed by atoms with Crippen LogP contribution in [0.3, 0.4) is 0 Å². The Hall–Kier alpha value is -1.48. The molecule has 2 N–H and O–H groups in total. The smallest absolute Gasteiger partial charge is 0.348 e. The van der Waals surface area contributed by atoms with Gasteiger partial charge >= 0.3 is 5.97 Å². The molecule has 0 spiro atoms.